The molecule has 0 aromatic carbocycles. The van der Waals surface area contributed by atoms with E-state index in [9.17, 15) is 0 Å². The Morgan fingerprint density at radius 3 is 3.17 bits per heavy atom. The lowest BCUT2D eigenvalue weighted by Crippen LogP contribution is -2.42. The Morgan fingerprint density at radius 1 is 1.56 bits per heavy atom. The van der Waals surface area contributed by atoms with Crippen LogP contribution >= 0.6 is 11.5 Å². The van der Waals surface area contributed by atoms with Crippen LogP contribution in [0.5, 0.6) is 0 Å². The van der Waals surface area contributed by atoms with E-state index in [0.717, 1.165) is 24.1 Å². The maximum absolute atomic E-state index is 6.42. The average Bonchev–Trinajstić information content (AvgIpc) is 3.00. The van der Waals surface area contributed by atoms with Gasteiger partial charge in [-0.05, 0) is 30.3 Å². The zero-order valence-electron chi connectivity index (χ0n) is 10.2. The molecule has 2 atom stereocenters. The van der Waals surface area contributed by atoms with E-state index in [-0.39, 0.29) is 0 Å². The summed E-state index contributed by atoms with van der Waals surface area (Å²) in [5.74, 6) is 1.68. The molecule has 2 heterocycles. The van der Waals surface area contributed by atoms with Crippen LogP contribution in [0.2, 0.25) is 0 Å². The van der Waals surface area contributed by atoms with Crippen LogP contribution in [0.3, 0.4) is 0 Å². The minimum Gasteiger partial charge on any atom is -0.333 e. The first-order valence-electron chi connectivity index (χ1n) is 6.08. The van der Waals surface area contributed by atoms with E-state index in [4.69, 9.17) is 10.3 Å². The van der Waals surface area contributed by atoms with Crippen LogP contribution in [0, 0.1) is 5.92 Å². The van der Waals surface area contributed by atoms with Gasteiger partial charge < -0.3 is 10.3 Å². The molecule has 0 aliphatic heterocycles. The molecule has 2 aromatic rings. The third-order valence-corrected chi connectivity index (χ3v) is 4.13. The van der Waals surface area contributed by atoms with Crippen LogP contribution in [0.4, 0.5) is 0 Å². The van der Waals surface area contributed by atoms with Gasteiger partial charge in [-0.1, -0.05) is 29.4 Å². The molecule has 2 N–H and O–H groups in total. The van der Waals surface area contributed by atoms with Crippen molar-refractivity contribution < 1.29 is 4.52 Å². The predicted molar refractivity (Wildman–Crippen MR) is 66.7 cm³/mol. The van der Waals surface area contributed by atoms with Gasteiger partial charge in [0.25, 0.3) is 5.89 Å². The Balaban J connectivity index is 1.88. The molecule has 0 saturated heterocycles. The van der Waals surface area contributed by atoms with Gasteiger partial charge in [0.2, 0.25) is 0 Å². The van der Waals surface area contributed by atoms with Crippen molar-refractivity contribution in [1.29, 1.82) is 0 Å². The van der Waals surface area contributed by atoms with Gasteiger partial charge >= 0.3 is 0 Å². The fourth-order valence-corrected chi connectivity index (χ4v) is 3.02. The highest BCUT2D eigenvalue weighted by Gasteiger charge is 2.37. The molecular formula is C11H15N5OS. The van der Waals surface area contributed by atoms with Crippen LogP contribution in [-0.2, 0) is 5.54 Å². The van der Waals surface area contributed by atoms with Crippen molar-refractivity contribution >= 4 is 11.5 Å². The quantitative estimate of drug-likeness (QED) is 0.892. The van der Waals surface area contributed by atoms with Gasteiger partial charge in [0, 0.05) is 0 Å². The molecule has 0 amide bonds. The maximum atomic E-state index is 6.42. The summed E-state index contributed by atoms with van der Waals surface area (Å²) in [6, 6.07) is 0. The lowest BCUT2D eigenvalue weighted by molar-refractivity contribution is 0.222. The van der Waals surface area contributed by atoms with E-state index < -0.39 is 5.54 Å². The summed E-state index contributed by atoms with van der Waals surface area (Å²) in [6.45, 7) is 2.22. The predicted octanol–water partition coefficient (Wildman–Crippen LogP) is 1.95. The second-order valence-corrected chi connectivity index (χ2v) is 5.85. The summed E-state index contributed by atoms with van der Waals surface area (Å²) in [5, 5.41) is 7.80. The van der Waals surface area contributed by atoms with Crippen molar-refractivity contribution in [3.8, 4) is 10.8 Å². The van der Waals surface area contributed by atoms with Crippen LogP contribution in [0.25, 0.3) is 10.8 Å². The molecule has 7 heteroatoms. The fourth-order valence-electron chi connectivity index (χ4n) is 2.58. The van der Waals surface area contributed by atoms with E-state index in [2.05, 4.69) is 26.7 Å². The number of hydrogen-bond acceptors (Lipinski definition) is 7. The number of aromatic nitrogens is 4. The molecule has 0 bridgehead atoms. The van der Waals surface area contributed by atoms with E-state index in [1.807, 2.05) is 0 Å². The Labute approximate surface area is 109 Å². The van der Waals surface area contributed by atoms with Gasteiger partial charge in [0.15, 0.2) is 5.82 Å². The molecule has 6 nitrogen and oxygen atoms in total. The highest BCUT2D eigenvalue weighted by atomic mass is 32.1. The lowest BCUT2D eigenvalue weighted by atomic mass is 9.76. The second kappa shape index (κ2) is 4.40. The Hall–Kier alpha value is -1.34. The van der Waals surface area contributed by atoms with Gasteiger partial charge in [0.1, 0.15) is 4.88 Å². The van der Waals surface area contributed by atoms with Crippen molar-refractivity contribution in [2.24, 2.45) is 11.7 Å². The van der Waals surface area contributed by atoms with Crippen LogP contribution < -0.4 is 5.73 Å². The lowest BCUT2D eigenvalue weighted by Gasteiger charge is -2.33. The van der Waals surface area contributed by atoms with E-state index in [0.29, 0.717) is 17.6 Å². The number of nitrogens with two attached hydrogens (primary N) is 1. The van der Waals surface area contributed by atoms with E-state index in [1.165, 1.54) is 18.0 Å². The Morgan fingerprint density at radius 2 is 2.44 bits per heavy atom. The fraction of sp³-hybridized carbons (Fsp3) is 0.636. The van der Waals surface area contributed by atoms with Gasteiger partial charge in [-0.25, -0.2) is 0 Å². The molecule has 2 unspecified atom stereocenters. The van der Waals surface area contributed by atoms with Crippen LogP contribution in [-0.4, -0.2) is 19.7 Å². The van der Waals surface area contributed by atoms with Crippen LogP contribution in [0.1, 0.15) is 38.4 Å². The van der Waals surface area contributed by atoms with Gasteiger partial charge in [-0.3, -0.25) is 0 Å². The van der Waals surface area contributed by atoms with Crippen molar-refractivity contribution in [1.82, 2.24) is 19.7 Å². The summed E-state index contributed by atoms with van der Waals surface area (Å²) in [6.07, 6.45) is 5.78. The second-order valence-electron chi connectivity index (χ2n) is 5.06. The zero-order valence-corrected chi connectivity index (χ0v) is 11.0. The normalized spacial score (nSPS) is 28.4. The number of hydrogen-bond donors (Lipinski definition) is 1. The molecule has 1 aliphatic rings. The standard InChI is InChI=1S/C11H15N5OS/c1-7-3-2-4-11(12,5-7)10-14-9(17-15-10)8-6-13-16-18-8/h6-7H,2-5,12H2,1H3. The topological polar surface area (TPSA) is 90.7 Å². The molecule has 0 radical (unpaired) electrons. The molecule has 18 heavy (non-hydrogen) atoms. The maximum Gasteiger partial charge on any atom is 0.271 e. The summed E-state index contributed by atoms with van der Waals surface area (Å²) in [5.41, 5.74) is 5.98. The third kappa shape index (κ3) is 2.04. The summed E-state index contributed by atoms with van der Waals surface area (Å²) >= 11 is 1.24. The summed E-state index contributed by atoms with van der Waals surface area (Å²) < 4.78 is 9.03. The van der Waals surface area contributed by atoms with Crippen molar-refractivity contribution in [3.63, 3.8) is 0 Å². The summed E-state index contributed by atoms with van der Waals surface area (Å²) in [4.78, 5) is 5.19. The number of nitrogens with zero attached hydrogens (tertiary/aromatic N) is 4. The minimum atomic E-state index is -0.447. The zero-order chi connectivity index (χ0) is 12.6. The van der Waals surface area contributed by atoms with Gasteiger partial charge in [-0.15, -0.1) is 5.10 Å². The highest BCUT2D eigenvalue weighted by molar-refractivity contribution is 7.09. The molecular weight excluding hydrogens is 250 g/mol. The molecule has 2 aromatic heterocycles. The van der Waals surface area contributed by atoms with Crippen molar-refractivity contribution in [2.75, 3.05) is 0 Å². The molecule has 3 rings (SSSR count). The van der Waals surface area contributed by atoms with Gasteiger partial charge in [0.05, 0.1) is 11.7 Å². The largest absolute Gasteiger partial charge is 0.333 e. The van der Waals surface area contributed by atoms with Crippen molar-refractivity contribution in [3.05, 3.63) is 12.0 Å². The third-order valence-electron chi connectivity index (χ3n) is 3.48. The van der Waals surface area contributed by atoms with E-state index >= 15 is 0 Å². The number of rotatable bonds is 2. The van der Waals surface area contributed by atoms with Crippen LogP contribution in [0.15, 0.2) is 10.7 Å². The minimum absolute atomic E-state index is 0.447. The molecule has 0 spiro atoms. The average molecular weight is 265 g/mol. The first-order valence-corrected chi connectivity index (χ1v) is 6.85. The van der Waals surface area contributed by atoms with Crippen molar-refractivity contribution in [2.45, 2.75) is 38.1 Å². The highest BCUT2D eigenvalue weighted by Crippen LogP contribution is 2.37. The monoisotopic (exact) mass is 265 g/mol. The molecule has 1 aliphatic carbocycles. The summed E-state index contributed by atoms with van der Waals surface area (Å²) in [7, 11) is 0. The molecule has 96 valence electrons. The molecule has 1 saturated carbocycles. The molecule has 1 fully saturated rings. The first-order chi connectivity index (χ1) is 8.67. The Kier molecular flexibility index (Phi) is 2.87. The van der Waals surface area contributed by atoms with E-state index in [1.54, 1.807) is 6.20 Å². The Bertz CT molecular complexity index is 525. The van der Waals surface area contributed by atoms with Gasteiger partial charge in [-0.2, -0.15) is 4.98 Å². The SMILES string of the molecule is CC1CCCC(N)(c2noc(-c3cnns3)n2)C1. The first kappa shape index (κ1) is 11.7. The smallest absolute Gasteiger partial charge is 0.271 e.